The first-order valence-electron chi connectivity index (χ1n) is 12.0. The van der Waals surface area contributed by atoms with Crippen molar-refractivity contribution >= 4 is 44.7 Å². The van der Waals surface area contributed by atoms with Crippen LogP contribution in [0.15, 0.2) is 75.0 Å². The largest absolute Gasteiger partial charge is 0.488 e. The number of rotatable bonds is 7. The smallest absolute Gasteiger partial charge is 0.335 e. The van der Waals surface area contributed by atoms with E-state index in [1.54, 1.807) is 36.5 Å². The molecule has 4 aromatic rings. The third kappa shape index (κ3) is 5.94. The van der Waals surface area contributed by atoms with Crippen LogP contribution in [-0.4, -0.2) is 41.0 Å². The first-order valence-corrected chi connectivity index (χ1v) is 12.8. The molecule has 1 aromatic heterocycles. The van der Waals surface area contributed by atoms with Crippen LogP contribution in [0.3, 0.4) is 0 Å². The molecule has 0 atom stereocenters. The summed E-state index contributed by atoms with van der Waals surface area (Å²) < 4.78 is 8.28. The van der Waals surface area contributed by atoms with Crippen LogP contribution in [0.1, 0.15) is 48.1 Å². The molecule has 0 bridgehead atoms. The van der Waals surface area contributed by atoms with Crippen molar-refractivity contribution in [2.75, 3.05) is 19.0 Å². The molecule has 0 aliphatic heterocycles. The van der Waals surface area contributed by atoms with Crippen LogP contribution in [0.25, 0.3) is 10.9 Å². The molecule has 38 heavy (non-hydrogen) atoms. The molecule has 1 N–H and O–H groups in total. The van der Waals surface area contributed by atoms with Crippen molar-refractivity contribution in [2.45, 2.75) is 32.8 Å². The Kier molecular flexibility index (Phi) is 7.68. The Morgan fingerprint density at radius 1 is 1.11 bits per heavy atom. The lowest BCUT2D eigenvalue weighted by molar-refractivity contribution is 0.0697. The predicted octanol–water partition coefficient (Wildman–Crippen LogP) is 5.68. The molecule has 0 fully saturated rings. The van der Waals surface area contributed by atoms with E-state index in [0.717, 1.165) is 15.7 Å². The molecule has 0 aliphatic carbocycles. The Morgan fingerprint density at radius 2 is 1.82 bits per heavy atom. The third-order valence-corrected chi connectivity index (χ3v) is 6.39. The van der Waals surface area contributed by atoms with Gasteiger partial charge in [-0.3, -0.25) is 4.79 Å². The molecular formula is C29H29BrN4O4. The van der Waals surface area contributed by atoms with Crippen molar-refractivity contribution in [2.24, 2.45) is 5.10 Å². The maximum Gasteiger partial charge on any atom is 0.335 e. The summed E-state index contributed by atoms with van der Waals surface area (Å²) in [6.07, 6.45) is 1.60. The van der Waals surface area contributed by atoms with E-state index in [-0.39, 0.29) is 17.7 Å². The zero-order valence-electron chi connectivity index (χ0n) is 21.9. The fraction of sp³-hybridized carbons (Fsp3) is 0.241. The van der Waals surface area contributed by atoms with E-state index < -0.39 is 11.4 Å². The van der Waals surface area contributed by atoms with E-state index in [9.17, 15) is 9.59 Å². The number of halogens is 1. The van der Waals surface area contributed by atoms with Gasteiger partial charge in [-0.05, 0) is 48.0 Å². The molecule has 3 aromatic carbocycles. The van der Waals surface area contributed by atoms with Crippen molar-refractivity contribution in [1.29, 1.82) is 0 Å². The minimum Gasteiger partial charge on any atom is -0.488 e. The van der Waals surface area contributed by atoms with Gasteiger partial charge in [0.25, 0.3) is 5.56 Å². The summed E-state index contributed by atoms with van der Waals surface area (Å²) in [7, 11) is 3.87. The van der Waals surface area contributed by atoms with E-state index in [2.05, 4.69) is 21.0 Å². The van der Waals surface area contributed by atoms with Gasteiger partial charge in [0.1, 0.15) is 18.2 Å². The van der Waals surface area contributed by atoms with Crippen LogP contribution >= 0.6 is 15.9 Å². The second-order valence-corrected chi connectivity index (χ2v) is 11.0. The third-order valence-electron chi connectivity index (χ3n) is 5.90. The number of carboxylic acid groups (broad SMARTS) is 1. The van der Waals surface area contributed by atoms with Crippen LogP contribution in [0.2, 0.25) is 0 Å². The van der Waals surface area contributed by atoms with E-state index >= 15 is 0 Å². The van der Waals surface area contributed by atoms with Gasteiger partial charge in [0.05, 0.1) is 22.7 Å². The molecule has 0 saturated heterocycles. The topological polar surface area (TPSA) is 97.0 Å². The highest BCUT2D eigenvalue weighted by atomic mass is 79.9. The lowest BCUT2D eigenvalue weighted by Crippen LogP contribution is -2.29. The van der Waals surface area contributed by atoms with E-state index in [4.69, 9.17) is 14.8 Å². The summed E-state index contributed by atoms with van der Waals surface area (Å²) in [4.78, 5) is 31.4. The number of hydrogen-bond donors (Lipinski definition) is 1. The number of carboxylic acids is 1. The van der Waals surface area contributed by atoms with E-state index in [1.807, 2.05) is 70.1 Å². The van der Waals surface area contributed by atoms with Gasteiger partial charge < -0.3 is 14.7 Å². The molecule has 196 valence electrons. The summed E-state index contributed by atoms with van der Waals surface area (Å²) in [6, 6.07) is 17.7. The molecule has 1 heterocycles. The second-order valence-electron chi connectivity index (χ2n) is 10.1. The molecule has 4 rings (SSSR count). The fourth-order valence-electron chi connectivity index (χ4n) is 3.80. The minimum atomic E-state index is -0.977. The van der Waals surface area contributed by atoms with E-state index in [0.29, 0.717) is 28.0 Å². The Labute approximate surface area is 229 Å². The quantitative estimate of drug-likeness (QED) is 0.284. The number of ether oxygens (including phenoxy) is 1. The number of aromatic nitrogens is 2. The average molecular weight is 577 g/mol. The van der Waals surface area contributed by atoms with Gasteiger partial charge in [-0.15, -0.1) is 0 Å². The van der Waals surface area contributed by atoms with Crippen molar-refractivity contribution < 1.29 is 14.6 Å². The number of benzene rings is 3. The highest BCUT2D eigenvalue weighted by molar-refractivity contribution is 9.10. The fourth-order valence-corrected chi connectivity index (χ4v) is 4.16. The Bertz CT molecular complexity index is 1590. The zero-order chi connectivity index (χ0) is 27.6. The summed E-state index contributed by atoms with van der Waals surface area (Å²) in [6.45, 7) is 6.20. The molecular weight excluding hydrogens is 548 g/mol. The first kappa shape index (κ1) is 27.1. The summed E-state index contributed by atoms with van der Waals surface area (Å²) in [5, 5.41) is 14.2. The van der Waals surface area contributed by atoms with Crippen LogP contribution in [0, 0.1) is 0 Å². The number of aromatic carboxylic acids is 1. The van der Waals surface area contributed by atoms with Crippen molar-refractivity contribution in [3.63, 3.8) is 0 Å². The second kappa shape index (κ2) is 10.8. The predicted molar refractivity (Wildman–Crippen MR) is 154 cm³/mol. The van der Waals surface area contributed by atoms with Crippen molar-refractivity contribution in [3.05, 3.63) is 98.0 Å². The number of hydrogen-bond acceptors (Lipinski definition) is 6. The number of carbonyl (C=O) groups is 1. The highest BCUT2D eigenvalue weighted by Crippen LogP contribution is 2.26. The molecule has 8 nitrogen and oxygen atoms in total. The molecule has 0 aliphatic rings. The lowest BCUT2D eigenvalue weighted by atomic mass is 9.95. The van der Waals surface area contributed by atoms with Gasteiger partial charge in [0.15, 0.2) is 0 Å². The monoisotopic (exact) mass is 576 g/mol. The van der Waals surface area contributed by atoms with Gasteiger partial charge >= 0.3 is 5.97 Å². The average Bonchev–Trinajstić information content (AvgIpc) is 2.87. The zero-order valence-corrected chi connectivity index (χ0v) is 23.5. The Hall–Kier alpha value is -3.98. The van der Waals surface area contributed by atoms with Gasteiger partial charge in [-0.1, -0.05) is 48.8 Å². The molecule has 9 heteroatoms. The van der Waals surface area contributed by atoms with Crippen LogP contribution in [0.4, 0.5) is 5.69 Å². The van der Waals surface area contributed by atoms with Gasteiger partial charge in [0, 0.05) is 41.3 Å². The van der Waals surface area contributed by atoms with Crippen molar-refractivity contribution in [1.82, 2.24) is 9.66 Å². The normalized spacial score (nSPS) is 11.7. The molecule has 0 radical (unpaired) electrons. The lowest BCUT2D eigenvalue weighted by Gasteiger charge is -2.21. The minimum absolute atomic E-state index is 0.215. The summed E-state index contributed by atoms with van der Waals surface area (Å²) in [5.74, 6) is 0.138. The van der Waals surface area contributed by atoms with Gasteiger partial charge in [0.2, 0.25) is 0 Å². The summed E-state index contributed by atoms with van der Waals surface area (Å²) >= 11 is 3.44. The number of anilines is 1. The standard InChI is InChI=1S/C29H29BrN4O4/c1-29(2,3)28-32-24-13-11-21(30)14-23(24)26(35)34(28)31-16-20-10-12-22(33(4)5)15-25(20)38-17-18-6-8-19(9-7-18)27(36)37/h6-16H,17H2,1-5H3,(H,36,37). The number of fused-ring (bicyclic) bond motifs is 1. The van der Waals surface area contributed by atoms with Crippen LogP contribution in [-0.2, 0) is 12.0 Å². The number of nitrogens with zero attached hydrogens (tertiary/aromatic N) is 4. The van der Waals surface area contributed by atoms with Crippen LogP contribution < -0.4 is 15.2 Å². The maximum absolute atomic E-state index is 13.5. The molecule has 0 unspecified atom stereocenters. The molecule has 0 amide bonds. The van der Waals surface area contributed by atoms with E-state index in [1.165, 1.54) is 4.68 Å². The Morgan fingerprint density at radius 3 is 2.45 bits per heavy atom. The van der Waals surface area contributed by atoms with Crippen LogP contribution in [0.5, 0.6) is 5.75 Å². The summed E-state index contributed by atoms with van der Waals surface area (Å²) in [5.41, 5.74) is 2.57. The molecule has 0 saturated carbocycles. The van der Waals surface area contributed by atoms with Gasteiger partial charge in [-0.2, -0.15) is 9.78 Å². The molecule has 0 spiro atoms. The Balaban J connectivity index is 1.74. The van der Waals surface area contributed by atoms with Gasteiger partial charge in [-0.25, -0.2) is 9.78 Å². The SMILES string of the molecule is CN(C)c1ccc(C=Nn2c(C(C)(C)C)nc3ccc(Br)cc3c2=O)c(OCc2ccc(C(=O)O)cc2)c1. The first-order chi connectivity index (χ1) is 17.9. The maximum atomic E-state index is 13.5. The van der Waals surface area contributed by atoms with Crippen molar-refractivity contribution in [3.8, 4) is 5.75 Å². The highest BCUT2D eigenvalue weighted by Gasteiger charge is 2.23.